The van der Waals surface area contributed by atoms with Gasteiger partial charge in [0, 0.05) is 39.3 Å². The predicted octanol–water partition coefficient (Wildman–Crippen LogP) is 2.50. The number of carbonyl (C=O) groups excluding carboxylic acids is 1. The summed E-state index contributed by atoms with van der Waals surface area (Å²) in [6, 6.07) is 11.9. The fourth-order valence-electron chi connectivity index (χ4n) is 3.91. The Hall–Kier alpha value is -2.83. The van der Waals surface area contributed by atoms with Gasteiger partial charge in [-0.1, -0.05) is 18.2 Å². The molecule has 7 nitrogen and oxygen atoms in total. The number of hydrogen-bond acceptors (Lipinski definition) is 6. The summed E-state index contributed by atoms with van der Waals surface area (Å²) in [4.78, 5) is 18.9. The first-order chi connectivity index (χ1) is 14.2. The summed E-state index contributed by atoms with van der Waals surface area (Å²) in [5.74, 6) is 2.65. The SMILES string of the molecule is Cc1ccccc1OCC(=O)N1CCN(c2ccc(N3CCCCC3)nn2)CC1. The Labute approximate surface area is 172 Å². The van der Waals surface area contributed by atoms with E-state index >= 15 is 0 Å². The van der Waals surface area contributed by atoms with Gasteiger partial charge in [0.25, 0.3) is 5.91 Å². The summed E-state index contributed by atoms with van der Waals surface area (Å²) in [6.45, 7) is 7.06. The van der Waals surface area contributed by atoms with Crippen molar-refractivity contribution in [2.75, 3.05) is 55.7 Å². The van der Waals surface area contributed by atoms with Gasteiger partial charge in [0.15, 0.2) is 18.2 Å². The van der Waals surface area contributed by atoms with Gasteiger partial charge in [-0.15, -0.1) is 10.2 Å². The van der Waals surface area contributed by atoms with Crippen LogP contribution in [0.1, 0.15) is 24.8 Å². The van der Waals surface area contributed by atoms with Crippen molar-refractivity contribution in [2.45, 2.75) is 26.2 Å². The summed E-state index contributed by atoms with van der Waals surface area (Å²) >= 11 is 0. The number of ether oxygens (including phenoxy) is 1. The van der Waals surface area contributed by atoms with Crippen LogP contribution in [0.5, 0.6) is 5.75 Å². The lowest BCUT2D eigenvalue weighted by molar-refractivity contribution is -0.133. The largest absolute Gasteiger partial charge is 0.484 e. The minimum absolute atomic E-state index is 0.0273. The normalized spacial score (nSPS) is 17.3. The Morgan fingerprint density at radius 1 is 0.862 bits per heavy atom. The van der Waals surface area contributed by atoms with E-state index in [1.54, 1.807) is 0 Å². The third-order valence-electron chi connectivity index (χ3n) is 5.72. The summed E-state index contributed by atoms with van der Waals surface area (Å²) in [6.07, 6.45) is 3.76. The van der Waals surface area contributed by atoms with Crippen molar-refractivity contribution >= 4 is 17.5 Å². The summed E-state index contributed by atoms with van der Waals surface area (Å²) in [7, 11) is 0. The zero-order chi connectivity index (χ0) is 20.1. The Balaban J connectivity index is 1.26. The number of rotatable bonds is 5. The molecule has 1 aromatic carbocycles. The van der Waals surface area contributed by atoms with Crippen molar-refractivity contribution in [1.29, 1.82) is 0 Å². The van der Waals surface area contributed by atoms with Gasteiger partial charge in [-0.25, -0.2) is 0 Å². The van der Waals surface area contributed by atoms with E-state index in [0.717, 1.165) is 49.1 Å². The zero-order valence-electron chi connectivity index (χ0n) is 17.1. The molecule has 0 radical (unpaired) electrons. The number of piperidine rings is 1. The molecule has 4 rings (SSSR count). The molecule has 1 amide bonds. The molecule has 29 heavy (non-hydrogen) atoms. The number of hydrogen-bond donors (Lipinski definition) is 0. The Bertz CT molecular complexity index is 812. The van der Waals surface area contributed by atoms with Crippen molar-refractivity contribution in [3.05, 3.63) is 42.0 Å². The highest BCUT2D eigenvalue weighted by Gasteiger charge is 2.23. The second-order valence-corrected chi connectivity index (χ2v) is 7.72. The molecule has 154 valence electrons. The molecule has 0 aliphatic carbocycles. The average Bonchev–Trinajstić information content (AvgIpc) is 2.79. The lowest BCUT2D eigenvalue weighted by Gasteiger charge is -2.35. The Morgan fingerprint density at radius 3 is 2.10 bits per heavy atom. The van der Waals surface area contributed by atoms with E-state index in [0.29, 0.717) is 13.1 Å². The number of nitrogens with zero attached hydrogens (tertiary/aromatic N) is 5. The van der Waals surface area contributed by atoms with Gasteiger partial charge in [-0.2, -0.15) is 0 Å². The van der Waals surface area contributed by atoms with Crippen LogP contribution < -0.4 is 14.5 Å². The van der Waals surface area contributed by atoms with Gasteiger partial charge in [-0.05, 0) is 49.9 Å². The molecule has 2 saturated heterocycles. The van der Waals surface area contributed by atoms with Crippen LogP contribution in [0.2, 0.25) is 0 Å². The Kier molecular flexibility index (Phi) is 6.12. The number of amides is 1. The van der Waals surface area contributed by atoms with Crippen molar-refractivity contribution in [3.8, 4) is 5.75 Å². The van der Waals surface area contributed by atoms with Crippen molar-refractivity contribution in [1.82, 2.24) is 15.1 Å². The standard InChI is InChI=1S/C22H29N5O2/c1-18-7-3-4-8-19(18)29-17-22(28)27-15-13-26(14-16-27)21-10-9-20(23-24-21)25-11-5-2-6-12-25/h3-4,7-10H,2,5-6,11-17H2,1H3. The molecule has 2 aromatic rings. The maximum absolute atomic E-state index is 12.5. The van der Waals surface area contributed by atoms with Gasteiger partial charge >= 0.3 is 0 Å². The molecule has 0 N–H and O–H groups in total. The van der Waals surface area contributed by atoms with E-state index in [-0.39, 0.29) is 12.5 Å². The van der Waals surface area contributed by atoms with Crippen LogP contribution in [0.4, 0.5) is 11.6 Å². The van der Waals surface area contributed by atoms with Crippen LogP contribution >= 0.6 is 0 Å². The fourth-order valence-corrected chi connectivity index (χ4v) is 3.91. The van der Waals surface area contributed by atoms with Crippen molar-refractivity contribution < 1.29 is 9.53 Å². The highest BCUT2D eigenvalue weighted by Crippen LogP contribution is 2.20. The van der Waals surface area contributed by atoms with Gasteiger partial charge in [0.05, 0.1) is 0 Å². The van der Waals surface area contributed by atoms with Crippen molar-refractivity contribution in [3.63, 3.8) is 0 Å². The summed E-state index contributed by atoms with van der Waals surface area (Å²) in [5, 5.41) is 8.88. The molecule has 7 heteroatoms. The molecule has 0 atom stereocenters. The van der Waals surface area contributed by atoms with E-state index < -0.39 is 0 Å². The second kappa shape index (κ2) is 9.11. The molecule has 0 unspecified atom stereocenters. The molecule has 1 aromatic heterocycles. The molecule has 2 aliphatic rings. The number of aromatic nitrogens is 2. The van der Waals surface area contributed by atoms with E-state index in [2.05, 4.69) is 32.1 Å². The molecule has 0 saturated carbocycles. The number of carbonyl (C=O) groups is 1. The second-order valence-electron chi connectivity index (χ2n) is 7.72. The minimum Gasteiger partial charge on any atom is -0.484 e. The molecule has 0 spiro atoms. The number of piperazine rings is 1. The first-order valence-electron chi connectivity index (χ1n) is 10.5. The van der Waals surface area contributed by atoms with E-state index in [9.17, 15) is 4.79 Å². The average molecular weight is 396 g/mol. The number of para-hydroxylation sites is 1. The molecule has 2 fully saturated rings. The topological polar surface area (TPSA) is 61.8 Å². The fraction of sp³-hybridized carbons (Fsp3) is 0.500. The van der Waals surface area contributed by atoms with Gasteiger partial charge in [-0.3, -0.25) is 4.79 Å². The maximum atomic E-state index is 12.5. The first kappa shape index (κ1) is 19.5. The minimum atomic E-state index is 0.0273. The lowest BCUT2D eigenvalue weighted by atomic mass is 10.1. The van der Waals surface area contributed by atoms with E-state index in [1.165, 1.54) is 19.3 Å². The van der Waals surface area contributed by atoms with Crippen LogP contribution in [0.25, 0.3) is 0 Å². The summed E-state index contributed by atoms with van der Waals surface area (Å²) < 4.78 is 5.70. The first-order valence-corrected chi connectivity index (χ1v) is 10.5. The number of aryl methyl sites for hydroxylation is 1. The molecule has 0 bridgehead atoms. The molecule has 2 aliphatic heterocycles. The monoisotopic (exact) mass is 395 g/mol. The van der Waals surface area contributed by atoms with E-state index in [4.69, 9.17) is 4.74 Å². The van der Waals surface area contributed by atoms with Gasteiger partial charge in [0.1, 0.15) is 5.75 Å². The third kappa shape index (κ3) is 4.78. The Morgan fingerprint density at radius 2 is 1.48 bits per heavy atom. The summed E-state index contributed by atoms with van der Waals surface area (Å²) in [5.41, 5.74) is 1.04. The predicted molar refractivity (Wildman–Crippen MR) is 114 cm³/mol. The molecular weight excluding hydrogens is 366 g/mol. The van der Waals surface area contributed by atoms with Crippen LogP contribution in [0.3, 0.4) is 0 Å². The van der Waals surface area contributed by atoms with Crippen LogP contribution in [-0.2, 0) is 4.79 Å². The van der Waals surface area contributed by atoms with Gasteiger partial charge < -0.3 is 19.4 Å². The van der Waals surface area contributed by atoms with Crippen molar-refractivity contribution in [2.24, 2.45) is 0 Å². The van der Waals surface area contributed by atoms with E-state index in [1.807, 2.05) is 36.1 Å². The zero-order valence-corrected chi connectivity index (χ0v) is 17.1. The molecule has 3 heterocycles. The highest BCUT2D eigenvalue weighted by atomic mass is 16.5. The maximum Gasteiger partial charge on any atom is 0.260 e. The quantitative estimate of drug-likeness (QED) is 0.775. The number of benzene rings is 1. The van der Waals surface area contributed by atoms with Crippen LogP contribution in [0.15, 0.2) is 36.4 Å². The molecular formula is C22H29N5O2. The van der Waals surface area contributed by atoms with Gasteiger partial charge in [0.2, 0.25) is 0 Å². The highest BCUT2D eigenvalue weighted by molar-refractivity contribution is 5.78. The smallest absolute Gasteiger partial charge is 0.260 e. The third-order valence-corrected chi connectivity index (χ3v) is 5.72. The lowest BCUT2D eigenvalue weighted by Crippen LogP contribution is -2.50. The van der Waals surface area contributed by atoms with Crippen LogP contribution in [0, 0.1) is 6.92 Å². The van der Waals surface area contributed by atoms with Crippen LogP contribution in [-0.4, -0.2) is 66.9 Å². The number of anilines is 2.